The van der Waals surface area contributed by atoms with Gasteiger partial charge in [0.1, 0.15) is 12.2 Å². The topological polar surface area (TPSA) is 77.8 Å². The van der Waals surface area contributed by atoms with Crippen LogP contribution in [0.25, 0.3) is 0 Å². The first kappa shape index (κ1) is 24.1. The third kappa shape index (κ3) is 9.18. The van der Waals surface area contributed by atoms with Crippen molar-refractivity contribution in [2.45, 2.75) is 115 Å². The number of hydrogen-bond donors (Lipinski definition) is 3. The number of ketones is 1. The fraction of sp³-hybridized carbons (Fsp3) is 0.783. The van der Waals surface area contributed by atoms with Crippen LogP contribution in [0, 0.1) is 0 Å². The Morgan fingerprint density at radius 3 is 2.00 bits per heavy atom. The summed E-state index contributed by atoms with van der Waals surface area (Å²) in [6.07, 6.45) is 20.0. The van der Waals surface area contributed by atoms with Gasteiger partial charge in [0.15, 0.2) is 11.4 Å². The summed E-state index contributed by atoms with van der Waals surface area (Å²) in [7, 11) is 0. The molecule has 27 heavy (non-hydrogen) atoms. The van der Waals surface area contributed by atoms with Crippen LogP contribution in [0.5, 0.6) is 0 Å². The van der Waals surface area contributed by atoms with Gasteiger partial charge in [-0.1, -0.05) is 76.9 Å². The summed E-state index contributed by atoms with van der Waals surface area (Å²) in [5, 5.41) is 29.9. The Hall–Kier alpha value is -0.970. The van der Waals surface area contributed by atoms with Crippen molar-refractivity contribution < 1.29 is 20.1 Å². The summed E-state index contributed by atoms with van der Waals surface area (Å²) in [5.41, 5.74) is -1.83. The molecule has 1 rings (SSSR count). The molecule has 1 aliphatic carbocycles. The zero-order valence-electron chi connectivity index (χ0n) is 17.1. The number of aliphatic hydroxyl groups is 3. The van der Waals surface area contributed by atoms with Crippen LogP contribution in [0.4, 0.5) is 0 Å². The van der Waals surface area contributed by atoms with E-state index in [1.807, 2.05) is 0 Å². The number of unbranched alkanes of at least 4 members (excludes halogenated alkanes) is 11. The second-order valence-electron chi connectivity index (χ2n) is 7.92. The van der Waals surface area contributed by atoms with E-state index >= 15 is 0 Å². The number of carbonyl (C=O) groups is 1. The lowest BCUT2D eigenvalue weighted by Gasteiger charge is -2.35. The monoisotopic (exact) mass is 380 g/mol. The van der Waals surface area contributed by atoms with Gasteiger partial charge in [0.25, 0.3) is 0 Å². The van der Waals surface area contributed by atoms with Crippen LogP contribution < -0.4 is 0 Å². The molecule has 0 radical (unpaired) electrons. The lowest BCUT2D eigenvalue weighted by atomic mass is 9.80. The van der Waals surface area contributed by atoms with Crippen molar-refractivity contribution in [3.63, 3.8) is 0 Å². The molecule has 156 valence electrons. The molecule has 4 nitrogen and oxygen atoms in total. The maximum absolute atomic E-state index is 11.8. The molecule has 0 bridgehead atoms. The summed E-state index contributed by atoms with van der Waals surface area (Å²) < 4.78 is 0. The maximum atomic E-state index is 11.8. The molecular formula is C23H40O4. The van der Waals surface area contributed by atoms with Gasteiger partial charge in [-0.3, -0.25) is 4.79 Å². The molecule has 0 aromatic heterocycles. The predicted molar refractivity (Wildman–Crippen MR) is 111 cm³/mol. The Morgan fingerprint density at radius 2 is 1.41 bits per heavy atom. The average Bonchev–Trinajstić information content (AvgIpc) is 2.66. The SMILES string of the molecule is CCCCCCCCC=CCCCCCCCC1(O)C(=O)C=CC(O)C1O. The van der Waals surface area contributed by atoms with E-state index in [1.165, 1.54) is 63.5 Å². The van der Waals surface area contributed by atoms with Crippen LogP contribution in [0.2, 0.25) is 0 Å². The molecule has 3 atom stereocenters. The zero-order valence-corrected chi connectivity index (χ0v) is 17.1. The molecule has 0 fully saturated rings. The predicted octanol–water partition coefficient (Wildman–Crippen LogP) is 4.62. The number of allylic oxidation sites excluding steroid dienone is 2. The van der Waals surface area contributed by atoms with Gasteiger partial charge in [0.05, 0.1) is 0 Å². The number of aliphatic hydroxyl groups excluding tert-OH is 2. The summed E-state index contributed by atoms with van der Waals surface area (Å²) in [5.74, 6) is -0.504. The summed E-state index contributed by atoms with van der Waals surface area (Å²) >= 11 is 0. The second-order valence-corrected chi connectivity index (χ2v) is 7.92. The van der Waals surface area contributed by atoms with Gasteiger partial charge in [-0.2, -0.15) is 0 Å². The highest BCUT2D eigenvalue weighted by Crippen LogP contribution is 2.27. The molecule has 0 amide bonds. The summed E-state index contributed by atoms with van der Waals surface area (Å²) in [4.78, 5) is 11.8. The van der Waals surface area contributed by atoms with E-state index in [9.17, 15) is 20.1 Å². The third-order valence-electron chi connectivity index (χ3n) is 5.50. The second kappa shape index (κ2) is 14.1. The van der Waals surface area contributed by atoms with Crippen LogP contribution in [0.3, 0.4) is 0 Å². The maximum Gasteiger partial charge on any atom is 0.189 e. The van der Waals surface area contributed by atoms with Crippen molar-refractivity contribution >= 4 is 5.78 Å². The molecule has 0 aromatic rings. The average molecular weight is 381 g/mol. The quantitative estimate of drug-likeness (QED) is 0.286. The van der Waals surface area contributed by atoms with Crippen molar-refractivity contribution in [1.29, 1.82) is 0 Å². The lowest BCUT2D eigenvalue weighted by molar-refractivity contribution is -0.158. The Balaban J connectivity index is 1.98. The van der Waals surface area contributed by atoms with Crippen LogP contribution in [0.1, 0.15) is 96.8 Å². The van der Waals surface area contributed by atoms with E-state index in [4.69, 9.17) is 0 Å². The Bertz CT molecular complexity index is 457. The van der Waals surface area contributed by atoms with Crippen LogP contribution in [0.15, 0.2) is 24.3 Å². The highest BCUT2D eigenvalue weighted by molar-refractivity contribution is 5.98. The molecule has 3 N–H and O–H groups in total. The first-order valence-corrected chi connectivity index (χ1v) is 11.0. The summed E-state index contributed by atoms with van der Waals surface area (Å²) in [6, 6.07) is 0. The molecule has 3 unspecified atom stereocenters. The van der Waals surface area contributed by atoms with Gasteiger partial charge >= 0.3 is 0 Å². The molecular weight excluding hydrogens is 340 g/mol. The van der Waals surface area contributed by atoms with Crippen LogP contribution in [-0.2, 0) is 4.79 Å². The number of rotatable bonds is 15. The standard InChI is InChI=1S/C23H40O4/c1-2-3-4-5-6-7-8-9-10-11-12-13-14-15-16-19-23(27)21(25)18-17-20(24)22(23)26/h9-10,17-18,20,22,24,26-27H,2-8,11-16,19H2,1H3. The van der Waals surface area contributed by atoms with E-state index in [-0.39, 0.29) is 6.42 Å². The van der Waals surface area contributed by atoms with Gasteiger partial charge in [0.2, 0.25) is 0 Å². The molecule has 1 aliphatic rings. The van der Waals surface area contributed by atoms with Gasteiger partial charge in [0, 0.05) is 0 Å². The van der Waals surface area contributed by atoms with Crippen molar-refractivity contribution in [2.24, 2.45) is 0 Å². The van der Waals surface area contributed by atoms with Gasteiger partial charge in [-0.25, -0.2) is 0 Å². The normalized spacial score (nSPS) is 25.6. The zero-order chi connectivity index (χ0) is 20.0. The van der Waals surface area contributed by atoms with E-state index in [2.05, 4.69) is 19.1 Å². The molecule has 4 heteroatoms. The smallest absolute Gasteiger partial charge is 0.189 e. The molecule has 0 aromatic carbocycles. The highest BCUT2D eigenvalue weighted by Gasteiger charge is 2.46. The van der Waals surface area contributed by atoms with Gasteiger partial charge in [-0.15, -0.1) is 0 Å². The summed E-state index contributed by atoms with van der Waals surface area (Å²) in [6.45, 7) is 2.25. The van der Waals surface area contributed by atoms with E-state index in [0.717, 1.165) is 25.7 Å². The molecule has 0 aliphatic heterocycles. The Kier molecular flexibility index (Phi) is 12.6. The molecule has 0 spiro atoms. The van der Waals surface area contributed by atoms with Crippen molar-refractivity contribution in [2.75, 3.05) is 0 Å². The van der Waals surface area contributed by atoms with Gasteiger partial charge in [-0.05, 0) is 44.3 Å². The highest BCUT2D eigenvalue weighted by atomic mass is 16.4. The van der Waals surface area contributed by atoms with Crippen molar-refractivity contribution in [3.05, 3.63) is 24.3 Å². The van der Waals surface area contributed by atoms with Crippen LogP contribution >= 0.6 is 0 Å². The first-order chi connectivity index (χ1) is 13.0. The van der Waals surface area contributed by atoms with E-state index < -0.39 is 23.6 Å². The Labute approximate surface area is 165 Å². The van der Waals surface area contributed by atoms with Crippen LogP contribution in [-0.4, -0.2) is 38.9 Å². The minimum atomic E-state index is -1.83. The minimum absolute atomic E-state index is 0.201. The fourth-order valence-corrected chi connectivity index (χ4v) is 3.60. The number of hydrogen-bond acceptors (Lipinski definition) is 4. The van der Waals surface area contributed by atoms with E-state index in [0.29, 0.717) is 6.42 Å². The number of carbonyl (C=O) groups excluding carboxylic acids is 1. The molecule has 0 saturated carbocycles. The van der Waals surface area contributed by atoms with E-state index in [1.54, 1.807) is 0 Å². The first-order valence-electron chi connectivity index (χ1n) is 11.0. The largest absolute Gasteiger partial charge is 0.387 e. The fourth-order valence-electron chi connectivity index (χ4n) is 3.60. The van der Waals surface area contributed by atoms with Crippen molar-refractivity contribution in [1.82, 2.24) is 0 Å². The third-order valence-corrected chi connectivity index (χ3v) is 5.50. The Morgan fingerprint density at radius 1 is 0.889 bits per heavy atom. The van der Waals surface area contributed by atoms with Crippen molar-refractivity contribution in [3.8, 4) is 0 Å². The minimum Gasteiger partial charge on any atom is -0.387 e. The molecule has 0 heterocycles. The lowest BCUT2D eigenvalue weighted by Crippen LogP contribution is -2.56. The van der Waals surface area contributed by atoms with Gasteiger partial charge < -0.3 is 15.3 Å². The molecule has 0 saturated heterocycles.